The SMILES string of the molecule is C=CCC[C@@H](O[Si](C(C)C)(C(C)C)C(C)C)[C@H](C)[C@H](C[C@H](/C=[CH]/[Sn]([CH2]CCC)([CH2]CCC)[CH2]CCC)CC(=O)OC)O[Si](CC)(CC)CC. The summed E-state index contributed by atoms with van der Waals surface area (Å²) >= 11 is -2.57. The first-order valence-electron chi connectivity index (χ1n) is 20.9. The molecular formula is C42H86O4Si2Sn. The van der Waals surface area contributed by atoms with Crippen LogP contribution in [0.25, 0.3) is 0 Å². The van der Waals surface area contributed by atoms with Crippen LogP contribution in [0.15, 0.2) is 22.8 Å². The molecule has 0 bridgehead atoms. The monoisotopic (exact) mass is 831 g/mol. The number of hydrogen-bond acceptors (Lipinski definition) is 4. The zero-order valence-electron chi connectivity index (χ0n) is 35.4. The molecule has 0 fully saturated rings. The number of methoxy groups -OCH3 is 1. The number of ether oxygens (including phenoxy) is 1. The summed E-state index contributed by atoms with van der Waals surface area (Å²) in [6.45, 7) is 34.9. The number of carbonyl (C=O) groups is 1. The van der Waals surface area contributed by atoms with Crippen LogP contribution in [0.3, 0.4) is 0 Å². The van der Waals surface area contributed by atoms with Gasteiger partial charge >= 0.3 is 316 Å². The second kappa shape index (κ2) is 26.0. The summed E-state index contributed by atoms with van der Waals surface area (Å²) in [5.41, 5.74) is 1.56. The number of carbonyl (C=O) groups excluding carboxylic acids is 1. The third-order valence-corrected chi connectivity index (χ3v) is 37.1. The van der Waals surface area contributed by atoms with E-state index in [9.17, 15) is 4.79 Å². The summed E-state index contributed by atoms with van der Waals surface area (Å²) in [5, 5.41) is 0. The van der Waals surface area contributed by atoms with Crippen LogP contribution >= 0.6 is 0 Å². The molecular weight excluding hydrogens is 743 g/mol. The Bertz CT molecular complexity index is 849. The van der Waals surface area contributed by atoms with E-state index in [1.165, 1.54) is 51.8 Å². The van der Waals surface area contributed by atoms with Crippen LogP contribution in [0.1, 0.15) is 154 Å². The van der Waals surface area contributed by atoms with Crippen molar-refractivity contribution in [1.82, 2.24) is 0 Å². The Balaban J connectivity index is 7.23. The molecule has 0 spiro atoms. The first-order chi connectivity index (χ1) is 23.2. The Morgan fingerprint density at radius 1 is 0.735 bits per heavy atom. The molecule has 0 radical (unpaired) electrons. The van der Waals surface area contributed by atoms with E-state index in [4.69, 9.17) is 13.6 Å². The van der Waals surface area contributed by atoms with E-state index in [1.807, 2.05) is 0 Å². The molecule has 0 aliphatic carbocycles. The molecule has 0 aromatic heterocycles. The summed E-state index contributed by atoms with van der Waals surface area (Å²) in [7, 11) is -2.56. The van der Waals surface area contributed by atoms with Gasteiger partial charge in [0.25, 0.3) is 0 Å². The van der Waals surface area contributed by atoms with Gasteiger partial charge in [-0.25, -0.2) is 0 Å². The van der Waals surface area contributed by atoms with Crippen molar-refractivity contribution < 1.29 is 18.4 Å². The molecule has 0 aromatic rings. The normalized spacial score (nSPS) is 15.7. The first kappa shape index (κ1) is 49.1. The molecule has 49 heavy (non-hydrogen) atoms. The summed E-state index contributed by atoms with van der Waals surface area (Å²) in [6, 6.07) is 3.35. The zero-order valence-corrected chi connectivity index (χ0v) is 40.3. The van der Waals surface area contributed by atoms with Gasteiger partial charge in [0.2, 0.25) is 0 Å². The van der Waals surface area contributed by atoms with Crippen molar-refractivity contribution in [3.8, 4) is 0 Å². The Hall–Kier alpha value is 0.102. The van der Waals surface area contributed by atoms with Crippen molar-refractivity contribution in [3.63, 3.8) is 0 Å². The average Bonchev–Trinajstić information content (AvgIpc) is 3.08. The number of allylic oxidation sites excluding steroid dienone is 2. The Morgan fingerprint density at radius 2 is 1.20 bits per heavy atom. The van der Waals surface area contributed by atoms with Gasteiger partial charge in [0, 0.05) is 0 Å². The molecule has 4 atom stereocenters. The van der Waals surface area contributed by atoms with Crippen molar-refractivity contribution in [2.45, 2.75) is 214 Å². The quantitative estimate of drug-likeness (QED) is 0.0411. The molecule has 0 aliphatic heterocycles. The molecule has 0 unspecified atom stereocenters. The number of hydrogen-bond donors (Lipinski definition) is 0. The summed E-state index contributed by atoms with van der Waals surface area (Å²) in [6.07, 6.45) is 15.7. The molecule has 0 saturated carbocycles. The number of esters is 1. The molecule has 0 rings (SSSR count). The minimum absolute atomic E-state index is 0.0327. The van der Waals surface area contributed by atoms with Crippen molar-refractivity contribution in [1.29, 1.82) is 0 Å². The van der Waals surface area contributed by atoms with Gasteiger partial charge in [-0.1, -0.05) is 0 Å². The predicted molar refractivity (Wildman–Crippen MR) is 225 cm³/mol. The van der Waals surface area contributed by atoms with Crippen molar-refractivity contribution >= 4 is 41.0 Å². The fourth-order valence-corrected chi connectivity index (χ4v) is 31.9. The van der Waals surface area contributed by atoms with E-state index in [0.29, 0.717) is 23.0 Å². The van der Waals surface area contributed by atoms with Gasteiger partial charge in [0.05, 0.1) is 0 Å². The summed E-state index contributed by atoms with van der Waals surface area (Å²) < 4.78 is 27.6. The Kier molecular flexibility index (Phi) is 26.0. The number of unbranched alkanes of at least 4 members (excludes halogenated alkanes) is 3. The topological polar surface area (TPSA) is 44.8 Å². The third kappa shape index (κ3) is 15.9. The first-order valence-corrected chi connectivity index (χ1v) is 33.3. The van der Waals surface area contributed by atoms with Gasteiger partial charge in [-0.05, 0) is 0 Å². The maximum absolute atomic E-state index is 13.1. The van der Waals surface area contributed by atoms with Crippen LogP contribution in [0.5, 0.6) is 0 Å². The van der Waals surface area contributed by atoms with E-state index in [1.54, 1.807) is 7.11 Å². The second-order valence-electron chi connectivity index (χ2n) is 16.4. The zero-order chi connectivity index (χ0) is 37.7. The van der Waals surface area contributed by atoms with Gasteiger partial charge in [-0.15, -0.1) is 0 Å². The van der Waals surface area contributed by atoms with Crippen molar-refractivity contribution in [2.75, 3.05) is 7.11 Å². The van der Waals surface area contributed by atoms with Crippen LogP contribution < -0.4 is 0 Å². The molecule has 0 aromatic carbocycles. The van der Waals surface area contributed by atoms with Gasteiger partial charge in [0.1, 0.15) is 0 Å². The van der Waals surface area contributed by atoms with Crippen molar-refractivity contribution in [2.24, 2.45) is 11.8 Å². The van der Waals surface area contributed by atoms with E-state index in [2.05, 4.69) is 113 Å². The number of rotatable bonds is 30. The van der Waals surface area contributed by atoms with Crippen LogP contribution in [0, 0.1) is 11.8 Å². The van der Waals surface area contributed by atoms with E-state index < -0.39 is 35.0 Å². The van der Waals surface area contributed by atoms with Gasteiger partial charge < -0.3 is 0 Å². The molecule has 4 nitrogen and oxygen atoms in total. The fourth-order valence-electron chi connectivity index (χ4n) is 8.69. The van der Waals surface area contributed by atoms with Crippen LogP contribution in [-0.4, -0.2) is 60.3 Å². The van der Waals surface area contributed by atoms with E-state index >= 15 is 0 Å². The van der Waals surface area contributed by atoms with Crippen molar-refractivity contribution in [3.05, 3.63) is 22.8 Å². The molecule has 7 heteroatoms. The second-order valence-corrected chi connectivity index (χ2v) is 39.5. The Labute approximate surface area is 313 Å². The molecule has 0 aliphatic rings. The molecule has 0 saturated heterocycles. The minimum atomic E-state index is -2.57. The predicted octanol–water partition coefficient (Wildman–Crippen LogP) is 14.1. The summed E-state index contributed by atoms with van der Waals surface area (Å²) in [5.74, 6) is 0.218. The molecule has 0 amide bonds. The van der Waals surface area contributed by atoms with Gasteiger partial charge in [0.15, 0.2) is 0 Å². The van der Waals surface area contributed by atoms with Gasteiger partial charge in [-0.3, -0.25) is 0 Å². The summed E-state index contributed by atoms with van der Waals surface area (Å²) in [4.78, 5) is 13.1. The van der Waals surface area contributed by atoms with Crippen LogP contribution in [0.2, 0.25) is 48.1 Å². The average molecular weight is 830 g/mol. The maximum atomic E-state index is 13.1. The molecule has 0 heterocycles. The van der Waals surface area contributed by atoms with Crippen LogP contribution in [-0.2, 0) is 18.4 Å². The van der Waals surface area contributed by atoms with Gasteiger partial charge in [-0.2, -0.15) is 0 Å². The van der Waals surface area contributed by atoms with Crippen LogP contribution in [0.4, 0.5) is 0 Å². The molecule has 0 N–H and O–H groups in total. The fraction of sp³-hybridized carbons (Fsp3) is 0.881. The molecule has 290 valence electrons. The Morgan fingerprint density at radius 3 is 1.57 bits per heavy atom. The standard InChI is InChI=1S/C30H59O4Si2.3C4H9.Sn/c1-14-19-20-28(34-36(23(6)7,24(8)9)25(10)11)26(12)29(33-35(16-3,17-4)18-5)21-27(15-2)22-30(31)32-13;3*1-3-4-2;/h2,14-15,23-29H,1,16-22H2,3-13H3;3*1,3-4H2,2H3;/t26-,27-,28+,29-;;;;/m0..../s1. The third-order valence-electron chi connectivity index (χ3n) is 12.2. The van der Waals surface area contributed by atoms with E-state index in [-0.39, 0.29) is 30.0 Å². The van der Waals surface area contributed by atoms with E-state index in [0.717, 1.165) is 37.4 Å².